The van der Waals surface area contributed by atoms with Crippen molar-refractivity contribution in [2.45, 2.75) is 0 Å². The van der Waals surface area contributed by atoms with Crippen molar-refractivity contribution in [2.24, 2.45) is 0 Å². The Hall–Kier alpha value is -1.41. The van der Waals surface area contributed by atoms with E-state index in [0.29, 0.717) is 0 Å². The molecule has 2 aromatic rings. The van der Waals surface area contributed by atoms with Crippen LogP contribution in [0.2, 0.25) is 20.1 Å². The van der Waals surface area contributed by atoms with Crippen LogP contribution in [0.5, 0.6) is 0 Å². The van der Waals surface area contributed by atoms with E-state index in [1.54, 1.807) is 0 Å². The van der Waals surface area contributed by atoms with E-state index in [-0.39, 0.29) is 0 Å². The zero-order valence-corrected chi connectivity index (χ0v) is 14.1. The molecule has 0 aliphatic heterocycles. The van der Waals surface area contributed by atoms with Gasteiger partial charge in [-0.25, -0.2) is 22.4 Å². The van der Waals surface area contributed by atoms with Gasteiger partial charge in [-0.3, -0.25) is 0 Å². The van der Waals surface area contributed by atoms with E-state index in [1.807, 2.05) is 10.6 Å². The first-order valence-electron chi connectivity index (χ1n) is 5.87. The maximum atomic E-state index is 13.8. The van der Waals surface area contributed by atoms with Gasteiger partial charge in [0.15, 0.2) is 23.3 Å². The summed E-state index contributed by atoms with van der Waals surface area (Å²) in [5, 5.41) is 0.924. The Morgan fingerprint density at radius 3 is 1.38 bits per heavy atom. The average molecular weight is 422 g/mol. The molecule has 0 unspecified atom stereocenters. The Morgan fingerprint density at radius 2 is 1.04 bits per heavy atom. The molecule has 0 fully saturated rings. The SMILES string of the molecule is O=C(Nc1cc(Cl)c(F)c(Cl)c1F)Nc1cc(Cl)c(F)c(Cl)c1F. The maximum absolute atomic E-state index is 13.8. The Kier molecular flexibility index (Phi) is 5.70. The molecule has 11 heteroatoms. The molecule has 2 amide bonds. The number of anilines is 2. The van der Waals surface area contributed by atoms with Crippen molar-refractivity contribution in [3.63, 3.8) is 0 Å². The van der Waals surface area contributed by atoms with Gasteiger partial charge < -0.3 is 10.6 Å². The molecule has 0 radical (unpaired) electrons. The minimum Gasteiger partial charge on any atom is -0.305 e. The third-order valence-corrected chi connectivity index (χ3v) is 3.92. The van der Waals surface area contributed by atoms with E-state index in [1.165, 1.54) is 0 Å². The lowest BCUT2D eigenvalue weighted by molar-refractivity contribution is 0.262. The number of benzene rings is 2. The Balaban J connectivity index is 2.27. The first kappa shape index (κ1) is 18.9. The molecule has 0 heterocycles. The number of urea groups is 1. The van der Waals surface area contributed by atoms with Gasteiger partial charge in [0.05, 0.1) is 21.4 Å². The molecule has 0 bridgehead atoms. The zero-order chi connectivity index (χ0) is 18.2. The van der Waals surface area contributed by atoms with Crippen molar-refractivity contribution in [3.8, 4) is 0 Å². The summed E-state index contributed by atoms with van der Waals surface area (Å²) < 4.78 is 54.1. The predicted octanol–water partition coefficient (Wildman–Crippen LogP) is 6.50. The Morgan fingerprint density at radius 1 is 0.708 bits per heavy atom. The topological polar surface area (TPSA) is 41.1 Å². The van der Waals surface area contributed by atoms with Gasteiger partial charge in [-0.05, 0) is 12.1 Å². The predicted molar refractivity (Wildman–Crippen MR) is 85.4 cm³/mol. The van der Waals surface area contributed by atoms with Crippen molar-refractivity contribution in [1.82, 2.24) is 0 Å². The molecule has 0 saturated carbocycles. The van der Waals surface area contributed by atoms with Crippen LogP contribution >= 0.6 is 46.4 Å². The molecular weight excluding hydrogens is 418 g/mol. The number of nitrogens with one attached hydrogen (secondary N) is 2. The summed E-state index contributed by atoms with van der Waals surface area (Å²) >= 11 is 21.7. The second-order valence-corrected chi connectivity index (χ2v) is 5.85. The van der Waals surface area contributed by atoms with E-state index < -0.39 is 60.8 Å². The average Bonchev–Trinajstić information content (AvgIpc) is 2.53. The van der Waals surface area contributed by atoms with Crippen LogP contribution in [-0.4, -0.2) is 6.03 Å². The highest BCUT2D eigenvalue weighted by molar-refractivity contribution is 6.36. The number of carbonyl (C=O) groups excluding carboxylic acids is 1. The second kappa shape index (κ2) is 7.23. The van der Waals surface area contributed by atoms with Gasteiger partial charge in [0.2, 0.25) is 0 Å². The molecule has 2 N–H and O–H groups in total. The van der Waals surface area contributed by atoms with Gasteiger partial charge in [0, 0.05) is 0 Å². The number of hydrogen-bond acceptors (Lipinski definition) is 1. The number of halogens is 8. The van der Waals surface area contributed by atoms with Gasteiger partial charge in [0.1, 0.15) is 10.0 Å². The smallest absolute Gasteiger partial charge is 0.305 e. The number of hydrogen-bond donors (Lipinski definition) is 2. The molecule has 128 valence electrons. The zero-order valence-electron chi connectivity index (χ0n) is 11.1. The highest BCUT2D eigenvalue weighted by Crippen LogP contribution is 2.33. The normalized spacial score (nSPS) is 10.7. The lowest BCUT2D eigenvalue weighted by Gasteiger charge is -2.12. The molecule has 0 aromatic heterocycles. The summed E-state index contributed by atoms with van der Waals surface area (Å²) in [6.45, 7) is 0. The maximum Gasteiger partial charge on any atom is 0.323 e. The van der Waals surface area contributed by atoms with E-state index >= 15 is 0 Å². The monoisotopic (exact) mass is 420 g/mol. The first-order chi connectivity index (χ1) is 11.1. The van der Waals surface area contributed by atoms with E-state index in [0.717, 1.165) is 12.1 Å². The highest BCUT2D eigenvalue weighted by atomic mass is 35.5. The van der Waals surface area contributed by atoms with Gasteiger partial charge in [0.25, 0.3) is 0 Å². The van der Waals surface area contributed by atoms with Crippen LogP contribution < -0.4 is 10.6 Å². The molecule has 0 saturated heterocycles. The van der Waals surface area contributed by atoms with Crippen LogP contribution in [0.25, 0.3) is 0 Å². The summed E-state index contributed by atoms with van der Waals surface area (Å²) in [4.78, 5) is 11.8. The van der Waals surface area contributed by atoms with Crippen LogP contribution in [0.1, 0.15) is 0 Å². The second-order valence-electron chi connectivity index (χ2n) is 4.27. The molecular formula is C13H4Cl4F4N2O. The molecule has 24 heavy (non-hydrogen) atoms. The summed E-state index contributed by atoms with van der Waals surface area (Å²) in [5.74, 6) is -4.98. The largest absolute Gasteiger partial charge is 0.323 e. The summed E-state index contributed by atoms with van der Waals surface area (Å²) in [5.41, 5.74) is -1.13. The highest BCUT2D eigenvalue weighted by Gasteiger charge is 2.20. The minimum atomic E-state index is -1.29. The van der Waals surface area contributed by atoms with Gasteiger partial charge in [-0.1, -0.05) is 46.4 Å². The van der Waals surface area contributed by atoms with Crippen LogP contribution in [0.15, 0.2) is 12.1 Å². The third-order valence-electron chi connectivity index (χ3n) is 2.70. The number of amides is 2. The summed E-state index contributed by atoms with van der Waals surface area (Å²) in [7, 11) is 0. The van der Waals surface area contributed by atoms with Crippen LogP contribution in [0, 0.1) is 23.3 Å². The van der Waals surface area contributed by atoms with E-state index in [9.17, 15) is 22.4 Å². The van der Waals surface area contributed by atoms with Crippen molar-refractivity contribution >= 4 is 63.8 Å². The van der Waals surface area contributed by atoms with E-state index in [4.69, 9.17) is 46.4 Å². The molecule has 2 aromatic carbocycles. The third kappa shape index (κ3) is 3.64. The minimum absolute atomic E-state index is 0.546. The molecule has 0 aliphatic rings. The van der Waals surface area contributed by atoms with Crippen LogP contribution in [-0.2, 0) is 0 Å². The molecule has 0 spiro atoms. The number of carbonyl (C=O) groups is 1. The van der Waals surface area contributed by atoms with Gasteiger partial charge >= 0.3 is 6.03 Å². The molecule has 2 rings (SSSR count). The lowest BCUT2D eigenvalue weighted by Crippen LogP contribution is -2.21. The van der Waals surface area contributed by atoms with Crippen molar-refractivity contribution in [3.05, 3.63) is 55.5 Å². The first-order valence-corrected chi connectivity index (χ1v) is 7.38. The standard InChI is InChI=1S/C13H4Cl4F4N2O/c14-3-1-5(11(20)7(16)9(3)18)22-13(24)23-6-2-4(15)10(19)8(17)12(6)21/h1-2H,(H2,22,23,24). The van der Waals surface area contributed by atoms with Gasteiger partial charge in [-0.15, -0.1) is 0 Å². The van der Waals surface area contributed by atoms with Crippen LogP contribution in [0.4, 0.5) is 33.7 Å². The Labute approximate surface area is 152 Å². The number of rotatable bonds is 2. The van der Waals surface area contributed by atoms with E-state index in [2.05, 4.69) is 0 Å². The summed E-state index contributed by atoms with van der Waals surface area (Å²) in [6, 6.07) is 0.363. The van der Waals surface area contributed by atoms with Crippen molar-refractivity contribution in [2.75, 3.05) is 10.6 Å². The van der Waals surface area contributed by atoms with Crippen molar-refractivity contribution < 1.29 is 22.4 Å². The van der Waals surface area contributed by atoms with Gasteiger partial charge in [-0.2, -0.15) is 0 Å². The fraction of sp³-hybridized carbons (Fsp3) is 0. The molecule has 0 aliphatic carbocycles. The molecule has 3 nitrogen and oxygen atoms in total. The Bertz CT molecular complexity index is 780. The lowest BCUT2D eigenvalue weighted by atomic mass is 10.3. The van der Waals surface area contributed by atoms with Crippen molar-refractivity contribution in [1.29, 1.82) is 0 Å². The fourth-order valence-corrected chi connectivity index (χ4v) is 2.51. The fourth-order valence-electron chi connectivity index (χ4n) is 1.60. The molecule has 0 atom stereocenters. The van der Waals surface area contributed by atoms with Crippen LogP contribution in [0.3, 0.4) is 0 Å². The summed E-state index contributed by atoms with van der Waals surface area (Å²) in [6.07, 6.45) is 0. The quantitative estimate of drug-likeness (QED) is 0.324.